The maximum absolute atomic E-state index is 14.4. The molecule has 0 bridgehead atoms. The second kappa shape index (κ2) is 5.20. The van der Waals surface area contributed by atoms with Crippen LogP contribution < -0.4 is 10.1 Å². The molecule has 1 atom stereocenters. The zero-order chi connectivity index (χ0) is 16.7. The molecule has 1 aromatic heterocycles. The third-order valence-electron chi connectivity index (χ3n) is 3.60. The molecule has 2 aromatic rings. The molecule has 23 heavy (non-hydrogen) atoms. The first kappa shape index (κ1) is 14.7. The molecule has 118 valence electrons. The van der Waals surface area contributed by atoms with Crippen LogP contribution in [0.25, 0.3) is 0 Å². The second-order valence-corrected chi connectivity index (χ2v) is 4.82. The van der Waals surface area contributed by atoms with Crippen LogP contribution >= 0.6 is 0 Å². The molecule has 0 saturated heterocycles. The van der Waals surface area contributed by atoms with Crippen molar-refractivity contribution in [3.8, 4) is 5.75 Å². The van der Waals surface area contributed by atoms with Gasteiger partial charge in [-0.2, -0.15) is 4.39 Å². The maximum atomic E-state index is 14.4. The summed E-state index contributed by atoms with van der Waals surface area (Å²) >= 11 is 0. The molecule has 2 heterocycles. The summed E-state index contributed by atoms with van der Waals surface area (Å²) in [6, 6.07) is 3.62. The number of nitro groups is 1. The summed E-state index contributed by atoms with van der Waals surface area (Å²) in [7, 11) is 1.34. The van der Waals surface area contributed by atoms with Gasteiger partial charge in [0.25, 0.3) is 0 Å². The fourth-order valence-electron chi connectivity index (χ4n) is 2.56. The number of Topliss-reactive ketones (excluding diaryl/α,β-unsaturated/α-hetero) is 1. The van der Waals surface area contributed by atoms with E-state index in [4.69, 9.17) is 4.74 Å². The topological polar surface area (TPSA) is 114 Å². The number of hydrogen-bond donors (Lipinski definition) is 2. The number of anilines is 1. The number of H-pyrrole nitrogens is 1. The van der Waals surface area contributed by atoms with Gasteiger partial charge in [0.1, 0.15) is 17.4 Å². The Balaban J connectivity index is 2.13. The highest BCUT2D eigenvalue weighted by Crippen LogP contribution is 2.40. The normalized spacial score (nSPS) is 15.9. The van der Waals surface area contributed by atoms with Crippen molar-refractivity contribution < 1.29 is 23.6 Å². The number of aromatic amines is 1. The molecule has 1 amide bonds. The predicted octanol–water partition coefficient (Wildman–Crippen LogP) is 1.99. The number of methoxy groups -OCH3 is 1. The number of rotatable bonds is 4. The highest BCUT2D eigenvalue weighted by atomic mass is 19.1. The molecule has 0 radical (unpaired) electrons. The number of halogens is 1. The molecule has 1 aromatic carbocycles. The molecule has 3 rings (SSSR count). The van der Waals surface area contributed by atoms with Crippen LogP contribution in [0.1, 0.15) is 22.0 Å². The molecule has 9 heteroatoms. The Morgan fingerprint density at radius 2 is 2.13 bits per heavy atom. The van der Waals surface area contributed by atoms with Crippen molar-refractivity contribution in [2.24, 2.45) is 0 Å². The number of benzene rings is 1. The van der Waals surface area contributed by atoms with E-state index in [1.54, 1.807) is 0 Å². The number of ketones is 1. The van der Waals surface area contributed by atoms with Gasteiger partial charge in [-0.05, 0) is 12.1 Å². The van der Waals surface area contributed by atoms with Crippen LogP contribution in [-0.2, 0) is 4.79 Å². The van der Waals surface area contributed by atoms with Crippen molar-refractivity contribution in [1.82, 2.24) is 4.98 Å². The van der Waals surface area contributed by atoms with Crippen molar-refractivity contribution in [1.29, 1.82) is 0 Å². The molecule has 0 fully saturated rings. The van der Waals surface area contributed by atoms with Crippen molar-refractivity contribution in [3.63, 3.8) is 0 Å². The molecular weight excluding hydrogens is 309 g/mol. The first-order chi connectivity index (χ1) is 11.0. The van der Waals surface area contributed by atoms with Gasteiger partial charge in [-0.3, -0.25) is 19.7 Å². The molecule has 0 saturated carbocycles. The Morgan fingerprint density at radius 1 is 1.39 bits per heavy atom. The van der Waals surface area contributed by atoms with Gasteiger partial charge in [0.05, 0.1) is 12.0 Å². The van der Waals surface area contributed by atoms with Crippen molar-refractivity contribution >= 4 is 23.1 Å². The minimum absolute atomic E-state index is 0.00796. The summed E-state index contributed by atoms with van der Waals surface area (Å²) in [5.41, 5.74) is -1.09. The number of nitro benzene ring substituents is 1. The fraction of sp³-hybridized carbons (Fsp3) is 0.143. The van der Waals surface area contributed by atoms with E-state index in [2.05, 4.69) is 10.3 Å². The van der Waals surface area contributed by atoms with Crippen molar-refractivity contribution in [2.45, 2.75) is 5.92 Å². The van der Waals surface area contributed by atoms with E-state index in [1.807, 2.05) is 0 Å². The smallest absolute Gasteiger partial charge is 0.305 e. The van der Waals surface area contributed by atoms with Crippen LogP contribution in [0.2, 0.25) is 0 Å². The summed E-state index contributed by atoms with van der Waals surface area (Å²) in [4.78, 5) is 37.2. The quantitative estimate of drug-likeness (QED) is 0.387. The third-order valence-corrected chi connectivity index (χ3v) is 3.60. The number of hydrogen-bond acceptors (Lipinski definition) is 5. The second-order valence-electron chi connectivity index (χ2n) is 4.82. The fourth-order valence-corrected chi connectivity index (χ4v) is 2.56. The molecule has 1 aliphatic rings. The van der Waals surface area contributed by atoms with E-state index in [9.17, 15) is 24.1 Å². The third kappa shape index (κ3) is 2.13. The largest absolute Gasteiger partial charge is 0.494 e. The highest BCUT2D eigenvalue weighted by Gasteiger charge is 2.42. The Bertz CT molecular complexity index is 845. The number of nitrogens with one attached hydrogen (secondary N) is 2. The van der Waals surface area contributed by atoms with Gasteiger partial charge in [0.2, 0.25) is 11.7 Å². The minimum Gasteiger partial charge on any atom is -0.494 e. The number of fused-ring (bicyclic) bond motifs is 1. The lowest BCUT2D eigenvalue weighted by Crippen LogP contribution is -2.22. The Labute approximate surface area is 128 Å². The molecule has 8 nitrogen and oxygen atoms in total. The summed E-state index contributed by atoms with van der Waals surface area (Å²) in [6.45, 7) is 0. The number of carbonyl (C=O) groups is 2. The summed E-state index contributed by atoms with van der Waals surface area (Å²) < 4.78 is 19.4. The van der Waals surface area contributed by atoms with Gasteiger partial charge in [-0.25, -0.2) is 0 Å². The first-order valence-electron chi connectivity index (χ1n) is 6.49. The molecule has 1 unspecified atom stereocenters. The van der Waals surface area contributed by atoms with Crippen LogP contribution in [0.3, 0.4) is 0 Å². The van der Waals surface area contributed by atoms with Crippen molar-refractivity contribution in [3.05, 3.63) is 51.6 Å². The average molecular weight is 319 g/mol. The SMILES string of the molecule is COc1cc[nH]c1C(=O)C1C(=O)Nc2ccc([N+](=O)[O-])c(F)c21. The standard InChI is InChI=1S/C14H10FN3O5/c1-23-8-4-5-16-12(8)13(19)10-9-6(17-14(10)20)2-3-7(11(9)15)18(21)22/h2-5,10,16H,1H3,(H,17,20). The lowest BCUT2D eigenvalue weighted by molar-refractivity contribution is -0.387. The molecule has 0 aliphatic carbocycles. The van der Waals surface area contributed by atoms with E-state index in [0.29, 0.717) is 0 Å². The van der Waals surface area contributed by atoms with Gasteiger partial charge in [-0.15, -0.1) is 0 Å². The van der Waals surface area contributed by atoms with Gasteiger partial charge < -0.3 is 15.0 Å². The van der Waals surface area contributed by atoms with E-state index >= 15 is 0 Å². The molecular formula is C14H10FN3O5. The first-order valence-corrected chi connectivity index (χ1v) is 6.49. The lowest BCUT2D eigenvalue weighted by atomic mass is 9.93. The zero-order valence-corrected chi connectivity index (χ0v) is 11.8. The van der Waals surface area contributed by atoms with Crippen LogP contribution in [0.15, 0.2) is 24.4 Å². The van der Waals surface area contributed by atoms with Crippen LogP contribution in [0, 0.1) is 15.9 Å². The molecule has 1 aliphatic heterocycles. The average Bonchev–Trinajstić information content (AvgIpc) is 3.10. The van der Waals surface area contributed by atoms with Gasteiger partial charge in [0, 0.05) is 23.5 Å². The van der Waals surface area contributed by atoms with Crippen LogP contribution in [0.5, 0.6) is 5.75 Å². The van der Waals surface area contributed by atoms with E-state index < -0.39 is 34.0 Å². The highest BCUT2D eigenvalue weighted by molar-refractivity contribution is 6.22. The maximum Gasteiger partial charge on any atom is 0.305 e. The van der Waals surface area contributed by atoms with Crippen LogP contribution in [-0.4, -0.2) is 28.7 Å². The lowest BCUT2D eigenvalue weighted by Gasteiger charge is -2.09. The molecule has 2 N–H and O–H groups in total. The van der Waals surface area contributed by atoms with Crippen molar-refractivity contribution in [2.75, 3.05) is 12.4 Å². The van der Waals surface area contributed by atoms with Gasteiger partial charge in [0.15, 0.2) is 5.78 Å². The number of aromatic nitrogens is 1. The Morgan fingerprint density at radius 3 is 2.78 bits per heavy atom. The molecule has 0 spiro atoms. The van der Waals surface area contributed by atoms with Gasteiger partial charge >= 0.3 is 5.69 Å². The number of nitrogens with zero attached hydrogens (tertiary/aromatic N) is 1. The number of ether oxygens (including phenoxy) is 1. The monoisotopic (exact) mass is 319 g/mol. The number of amides is 1. The van der Waals surface area contributed by atoms with Crippen LogP contribution in [0.4, 0.5) is 15.8 Å². The summed E-state index contributed by atoms with van der Waals surface area (Å²) in [6.07, 6.45) is 1.43. The number of carbonyl (C=O) groups excluding carboxylic acids is 2. The summed E-state index contributed by atoms with van der Waals surface area (Å²) in [5.74, 6) is -4.00. The van der Waals surface area contributed by atoms with E-state index in [1.165, 1.54) is 25.4 Å². The Hall–Kier alpha value is -3.23. The van der Waals surface area contributed by atoms with E-state index in [0.717, 1.165) is 6.07 Å². The van der Waals surface area contributed by atoms with Gasteiger partial charge in [-0.1, -0.05) is 0 Å². The Kier molecular flexibility index (Phi) is 3.32. The van der Waals surface area contributed by atoms with E-state index in [-0.39, 0.29) is 22.7 Å². The summed E-state index contributed by atoms with van der Waals surface area (Å²) in [5, 5.41) is 13.2. The zero-order valence-electron chi connectivity index (χ0n) is 11.8. The predicted molar refractivity (Wildman–Crippen MR) is 76.1 cm³/mol. The minimum atomic E-state index is -1.52.